The zero-order chi connectivity index (χ0) is 25.2. The van der Waals surface area contributed by atoms with Crippen LogP contribution in [0.2, 0.25) is 0 Å². The summed E-state index contributed by atoms with van der Waals surface area (Å²) in [6.45, 7) is 8.88. The third-order valence-electron chi connectivity index (χ3n) is 6.01. The van der Waals surface area contributed by atoms with E-state index in [1.54, 1.807) is 4.90 Å². The highest BCUT2D eigenvalue weighted by molar-refractivity contribution is 5.70. The van der Waals surface area contributed by atoms with Crippen LogP contribution in [0.3, 0.4) is 0 Å². The molecular weight excluding hydrogens is 447 g/mol. The van der Waals surface area contributed by atoms with Gasteiger partial charge >= 0.3 is 6.09 Å². The molecule has 1 saturated heterocycles. The Bertz CT molecular complexity index is 1260. The molecule has 0 bridgehead atoms. The van der Waals surface area contributed by atoms with Crippen LogP contribution in [-0.2, 0) is 11.2 Å². The van der Waals surface area contributed by atoms with Crippen molar-refractivity contribution in [3.8, 4) is 11.1 Å². The Kier molecular flexibility index (Phi) is 7.10. The van der Waals surface area contributed by atoms with Gasteiger partial charge in [-0.05, 0) is 69.9 Å². The predicted octanol–water partition coefficient (Wildman–Crippen LogP) is 5.26. The number of halogens is 1. The van der Waals surface area contributed by atoms with Crippen LogP contribution in [0.5, 0.6) is 0 Å². The minimum absolute atomic E-state index is 0.115. The van der Waals surface area contributed by atoms with Crippen molar-refractivity contribution in [3.05, 3.63) is 64.5 Å². The smallest absolute Gasteiger partial charge is 0.410 e. The first kappa shape index (κ1) is 24.7. The fraction of sp³-hybridized carbons (Fsp3) is 0.444. The quantitative estimate of drug-likeness (QED) is 0.521. The molecule has 3 heterocycles. The lowest BCUT2D eigenvalue weighted by Gasteiger charge is -2.24. The molecule has 0 saturated carbocycles. The molecule has 8 heteroatoms. The first-order valence-electron chi connectivity index (χ1n) is 12.2. The second-order valence-electron chi connectivity index (χ2n) is 10.1. The average Bonchev–Trinajstić information content (AvgIpc) is 3.27. The highest BCUT2D eigenvalue weighted by Gasteiger charge is 2.29. The topological polar surface area (TPSA) is 75.9 Å². The molecule has 1 aliphatic rings. The van der Waals surface area contributed by atoms with E-state index in [1.807, 2.05) is 45.0 Å². The van der Waals surface area contributed by atoms with E-state index >= 15 is 0 Å². The Hall–Kier alpha value is -3.42. The Morgan fingerprint density at radius 1 is 1.20 bits per heavy atom. The van der Waals surface area contributed by atoms with Gasteiger partial charge in [-0.25, -0.2) is 14.2 Å². The van der Waals surface area contributed by atoms with E-state index in [4.69, 9.17) is 4.74 Å². The summed E-state index contributed by atoms with van der Waals surface area (Å²) in [6.07, 6.45) is 4.28. The molecule has 0 aliphatic carbocycles. The minimum Gasteiger partial charge on any atom is -0.444 e. The van der Waals surface area contributed by atoms with Gasteiger partial charge in [0.2, 0.25) is 0 Å². The number of hydrogen-bond donors (Lipinski definition) is 1. The van der Waals surface area contributed by atoms with Gasteiger partial charge in [-0.3, -0.25) is 9.20 Å². The summed E-state index contributed by atoms with van der Waals surface area (Å²) in [4.78, 5) is 32.0. The van der Waals surface area contributed by atoms with Crippen LogP contribution in [-0.4, -0.2) is 45.1 Å². The Labute approximate surface area is 204 Å². The summed E-state index contributed by atoms with van der Waals surface area (Å²) in [5.41, 5.74) is 2.54. The number of nitrogens with one attached hydrogen (secondary N) is 1. The molecule has 1 amide bonds. The van der Waals surface area contributed by atoms with Gasteiger partial charge in [-0.1, -0.05) is 25.5 Å². The van der Waals surface area contributed by atoms with Gasteiger partial charge in [0.15, 0.2) is 0 Å². The van der Waals surface area contributed by atoms with E-state index in [-0.39, 0.29) is 17.7 Å². The second-order valence-corrected chi connectivity index (χ2v) is 10.1. The lowest BCUT2D eigenvalue weighted by molar-refractivity contribution is 0.0293. The van der Waals surface area contributed by atoms with Gasteiger partial charge in [0.1, 0.15) is 17.1 Å². The van der Waals surface area contributed by atoms with E-state index in [1.165, 1.54) is 22.7 Å². The van der Waals surface area contributed by atoms with Crippen LogP contribution < -0.4 is 10.9 Å². The molecule has 7 nitrogen and oxygen atoms in total. The SMILES string of the molecule is CCCCc1nc2ccc(F)cn2c(=O)c1-c1ccc(NC2CCN(C(=O)OC(C)(C)C)C2)cc1. The van der Waals surface area contributed by atoms with E-state index in [2.05, 4.69) is 17.2 Å². The molecule has 3 aromatic rings. The summed E-state index contributed by atoms with van der Waals surface area (Å²) >= 11 is 0. The van der Waals surface area contributed by atoms with Crippen LogP contribution in [0, 0.1) is 5.82 Å². The molecular formula is C27H33FN4O3. The number of pyridine rings is 1. The third kappa shape index (κ3) is 5.81. The number of amides is 1. The number of benzene rings is 1. The Balaban J connectivity index is 1.54. The van der Waals surface area contributed by atoms with Crippen molar-refractivity contribution in [2.45, 2.75) is 65.0 Å². The third-order valence-corrected chi connectivity index (χ3v) is 6.01. The molecule has 1 aromatic carbocycles. The summed E-state index contributed by atoms with van der Waals surface area (Å²) < 4.78 is 20.6. The summed E-state index contributed by atoms with van der Waals surface area (Å²) in [7, 11) is 0. The number of carbonyl (C=O) groups excluding carboxylic acids is 1. The Morgan fingerprint density at radius 2 is 1.94 bits per heavy atom. The summed E-state index contributed by atoms with van der Waals surface area (Å²) in [6, 6.07) is 10.6. The first-order chi connectivity index (χ1) is 16.6. The van der Waals surface area contributed by atoms with Crippen LogP contribution in [0.15, 0.2) is 47.4 Å². The number of hydrogen-bond acceptors (Lipinski definition) is 5. The normalized spacial score (nSPS) is 16.0. The molecule has 1 N–H and O–H groups in total. The molecule has 2 aromatic heterocycles. The fourth-order valence-corrected chi connectivity index (χ4v) is 4.31. The van der Waals surface area contributed by atoms with Crippen molar-refractivity contribution in [2.75, 3.05) is 18.4 Å². The highest BCUT2D eigenvalue weighted by atomic mass is 19.1. The number of aryl methyl sites for hydroxylation is 1. The van der Waals surface area contributed by atoms with Crippen LogP contribution in [0.25, 0.3) is 16.8 Å². The van der Waals surface area contributed by atoms with Gasteiger partial charge in [-0.2, -0.15) is 0 Å². The number of ether oxygens (including phenoxy) is 1. The number of carbonyl (C=O) groups is 1. The van der Waals surface area contributed by atoms with E-state index in [0.29, 0.717) is 30.7 Å². The maximum absolute atomic E-state index is 13.8. The molecule has 35 heavy (non-hydrogen) atoms. The van der Waals surface area contributed by atoms with Crippen LogP contribution in [0.4, 0.5) is 14.9 Å². The number of anilines is 1. The van der Waals surface area contributed by atoms with Crippen molar-refractivity contribution in [1.82, 2.24) is 14.3 Å². The summed E-state index contributed by atoms with van der Waals surface area (Å²) in [5, 5.41) is 3.47. The van der Waals surface area contributed by atoms with Gasteiger partial charge in [0.05, 0.1) is 11.3 Å². The maximum atomic E-state index is 13.8. The van der Waals surface area contributed by atoms with Gasteiger partial charge < -0.3 is 15.0 Å². The number of fused-ring (bicyclic) bond motifs is 1. The van der Waals surface area contributed by atoms with Crippen molar-refractivity contribution < 1.29 is 13.9 Å². The molecule has 1 unspecified atom stereocenters. The number of likely N-dealkylation sites (tertiary alicyclic amines) is 1. The van der Waals surface area contributed by atoms with Crippen molar-refractivity contribution in [2.24, 2.45) is 0 Å². The van der Waals surface area contributed by atoms with Gasteiger partial charge in [0, 0.05) is 31.0 Å². The number of aromatic nitrogens is 2. The molecule has 186 valence electrons. The van der Waals surface area contributed by atoms with Gasteiger partial charge in [0.25, 0.3) is 5.56 Å². The number of unbranched alkanes of at least 4 members (excludes halogenated alkanes) is 1. The van der Waals surface area contributed by atoms with Crippen LogP contribution in [0.1, 0.15) is 52.7 Å². The zero-order valence-electron chi connectivity index (χ0n) is 20.8. The Morgan fingerprint density at radius 3 is 2.63 bits per heavy atom. The lowest BCUT2D eigenvalue weighted by atomic mass is 10.0. The highest BCUT2D eigenvalue weighted by Crippen LogP contribution is 2.25. The van der Waals surface area contributed by atoms with Crippen LogP contribution >= 0.6 is 0 Å². The largest absolute Gasteiger partial charge is 0.444 e. The van der Waals surface area contributed by atoms with E-state index in [9.17, 15) is 14.0 Å². The van der Waals surface area contributed by atoms with E-state index in [0.717, 1.165) is 36.2 Å². The number of nitrogens with zero attached hydrogens (tertiary/aromatic N) is 3. The second kappa shape index (κ2) is 10.1. The lowest BCUT2D eigenvalue weighted by Crippen LogP contribution is -2.36. The molecule has 4 rings (SSSR count). The standard InChI is InChI=1S/C27H33FN4O3/c1-5-6-7-22-24(25(33)32-16-19(28)10-13-23(32)30-22)18-8-11-20(12-9-18)29-21-14-15-31(17-21)26(34)35-27(2,3)4/h8-13,16,21,29H,5-7,14-15,17H2,1-4H3. The van der Waals surface area contributed by atoms with E-state index < -0.39 is 11.4 Å². The molecule has 0 spiro atoms. The van der Waals surface area contributed by atoms with Gasteiger partial charge in [-0.15, -0.1) is 0 Å². The monoisotopic (exact) mass is 480 g/mol. The zero-order valence-corrected chi connectivity index (χ0v) is 20.8. The van der Waals surface area contributed by atoms with Crippen molar-refractivity contribution >= 4 is 17.4 Å². The first-order valence-corrected chi connectivity index (χ1v) is 12.2. The van der Waals surface area contributed by atoms with Crippen molar-refractivity contribution in [1.29, 1.82) is 0 Å². The summed E-state index contributed by atoms with van der Waals surface area (Å²) in [5.74, 6) is -0.481. The molecule has 1 fully saturated rings. The fourth-order valence-electron chi connectivity index (χ4n) is 4.31. The minimum atomic E-state index is -0.517. The molecule has 0 radical (unpaired) electrons. The molecule has 1 aliphatic heterocycles. The van der Waals surface area contributed by atoms with Crippen molar-refractivity contribution in [3.63, 3.8) is 0 Å². The average molecular weight is 481 g/mol. The number of rotatable bonds is 6. The predicted molar refractivity (Wildman–Crippen MR) is 135 cm³/mol. The molecule has 1 atom stereocenters. The maximum Gasteiger partial charge on any atom is 0.410 e.